The zero-order chi connectivity index (χ0) is 14.7. The van der Waals surface area contributed by atoms with Crippen LogP contribution in [0.3, 0.4) is 0 Å². The van der Waals surface area contributed by atoms with Gasteiger partial charge in [-0.05, 0) is 35.7 Å². The summed E-state index contributed by atoms with van der Waals surface area (Å²) < 4.78 is 1.92. The maximum atomic E-state index is 12.3. The van der Waals surface area contributed by atoms with Gasteiger partial charge in [-0.3, -0.25) is 9.70 Å². The number of nitrogens with zero attached hydrogens (tertiary/aromatic N) is 3. The molecule has 1 fully saturated rings. The van der Waals surface area contributed by atoms with Gasteiger partial charge >= 0.3 is 5.49 Å². The lowest BCUT2D eigenvalue weighted by Crippen LogP contribution is -2.35. The molecule has 0 unspecified atom stereocenters. The number of rotatable bonds is 2. The summed E-state index contributed by atoms with van der Waals surface area (Å²) in [6, 6.07) is 0. The Morgan fingerprint density at radius 3 is 2.40 bits per heavy atom. The van der Waals surface area contributed by atoms with Crippen molar-refractivity contribution in [2.45, 2.75) is 39.2 Å². The third kappa shape index (κ3) is 3.17. The second-order valence-corrected chi connectivity index (χ2v) is 5.79. The summed E-state index contributed by atoms with van der Waals surface area (Å²) in [6.45, 7) is 3.41. The van der Waals surface area contributed by atoms with Crippen molar-refractivity contribution in [2.24, 2.45) is 0 Å². The molecule has 0 aliphatic carbocycles. The fraction of sp³-hybridized carbons (Fsp3) is 0.667. The van der Waals surface area contributed by atoms with Gasteiger partial charge < -0.3 is 15.3 Å². The molecular weight excluding hydrogens is 328 g/mol. The number of aromatic amines is 1. The first-order valence-corrected chi connectivity index (χ1v) is 7.50. The first kappa shape index (κ1) is 15.0. The van der Waals surface area contributed by atoms with Crippen LogP contribution in [0, 0.1) is 17.3 Å². The molecule has 0 spiro atoms. The normalized spacial score (nSPS) is 16.0. The van der Waals surface area contributed by atoms with Crippen LogP contribution in [-0.2, 0) is 11.3 Å². The second kappa shape index (κ2) is 6.34. The largest absolute Gasteiger partial charge is 0.712 e. The van der Waals surface area contributed by atoms with Crippen molar-refractivity contribution < 1.29 is 4.79 Å². The molecule has 1 N–H and O–H groups in total. The summed E-state index contributed by atoms with van der Waals surface area (Å²) in [5.41, 5.74) is 0.533. The van der Waals surface area contributed by atoms with Crippen molar-refractivity contribution in [3.63, 3.8) is 0 Å². The average molecular weight is 346 g/mol. The molecule has 1 aliphatic rings. The molecule has 0 bridgehead atoms. The van der Waals surface area contributed by atoms with Gasteiger partial charge in [0.25, 0.3) is 0 Å². The Kier molecular flexibility index (Phi) is 4.74. The van der Waals surface area contributed by atoms with Gasteiger partial charge in [0.05, 0.1) is 5.69 Å². The van der Waals surface area contributed by atoms with Gasteiger partial charge in [0.2, 0.25) is 5.91 Å². The zero-order valence-electron chi connectivity index (χ0n) is 11.4. The van der Waals surface area contributed by atoms with E-state index >= 15 is 0 Å². The standard InChI is InChI=1S/C12H18BrN4O3/c1-9-11(13)12(17(19)20)14-16(9)8-10(18)15-6-4-2-3-5-7-15/h14H,2-8H2,1H3/q-1. The van der Waals surface area contributed by atoms with Crippen LogP contribution >= 0.6 is 15.9 Å². The number of hydrogen-bond donors (Lipinski definition) is 1. The van der Waals surface area contributed by atoms with E-state index in [-0.39, 0.29) is 17.9 Å². The zero-order valence-corrected chi connectivity index (χ0v) is 13.0. The van der Waals surface area contributed by atoms with E-state index in [0.29, 0.717) is 10.2 Å². The average Bonchev–Trinajstić information content (AvgIpc) is 2.64. The monoisotopic (exact) mass is 345 g/mol. The van der Waals surface area contributed by atoms with Crippen LogP contribution in [0.25, 0.3) is 0 Å². The molecule has 112 valence electrons. The summed E-state index contributed by atoms with van der Waals surface area (Å²) in [5.74, 6) is 0.00338. The highest BCUT2D eigenvalue weighted by Crippen LogP contribution is 2.12. The summed E-state index contributed by atoms with van der Waals surface area (Å²) in [4.78, 5) is 13.6. The number of halogens is 1. The number of nitrogens with one attached hydrogen (secondary N) is 1. The van der Waals surface area contributed by atoms with E-state index in [4.69, 9.17) is 0 Å². The lowest BCUT2D eigenvalue weighted by Gasteiger charge is -2.20. The number of amides is 1. The number of likely N-dealkylation sites (tertiary alicyclic amines) is 1. The van der Waals surface area contributed by atoms with Crippen molar-refractivity contribution in [1.29, 1.82) is 0 Å². The molecule has 0 atom stereocenters. The van der Waals surface area contributed by atoms with E-state index in [1.165, 1.54) is 4.68 Å². The van der Waals surface area contributed by atoms with E-state index < -0.39 is 4.90 Å². The number of carbonyl (C=O) groups is 1. The van der Waals surface area contributed by atoms with E-state index in [1.807, 2.05) is 4.90 Å². The van der Waals surface area contributed by atoms with Gasteiger partial charge in [0.1, 0.15) is 11.0 Å². The van der Waals surface area contributed by atoms with Crippen molar-refractivity contribution in [2.75, 3.05) is 13.1 Å². The van der Waals surface area contributed by atoms with Crippen LogP contribution < -0.4 is 10.4 Å². The van der Waals surface area contributed by atoms with Gasteiger partial charge in [-0.15, -0.1) is 0 Å². The second-order valence-electron chi connectivity index (χ2n) is 5.00. The van der Waals surface area contributed by atoms with Gasteiger partial charge in [-0.1, -0.05) is 12.8 Å². The molecule has 1 aromatic heterocycles. The highest BCUT2D eigenvalue weighted by atomic mass is 79.9. The van der Waals surface area contributed by atoms with E-state index in [2.05, 4.69) is 21.0 Å². The Balaban J connectivity index is 2.15. The summed E-state index contributed by atoms with van der Waals surface area (Å²) >= 11 is 3.18. The van der Waals surface area contributed by atoms with E-state index in [0.717, 1.165) is 38.8 Å². The molecule has 8 heteroatoms. The highest BCUT2D eigenvalue weighted by molar-refractivity contribution is 9.10. The quantitative estimate of drug-likeness (QED) is 0.812. The molecule has 1 aromatic rings. The Bertz CT molecular complexity index is 552. The Morgan fingerprint density at radius 1 is 1.30 bits per heavy atom. The molecule has 0 saturated carbocycles. The minimum Gasteiger partial charge on any atom is -0.712 e. The Morgan fingerprint density at radius 2 is 1.90 bits per heavy atom. The van der Waals surface area contributed by atoms with Gasteiger partial charge in [-0.2, -0.15) is 5.10 Å². The maximum Gasteiger partial charge on any atom is 0.315 e. The molecular formula is C12H18BrN4O3-. The topological polar surface area (TPSA) is 90.2 Å². The predicted octanol–water partition coefficient (Wildman–Crippen LogP) is 1.06. The Hall–Kier alpha value is -1.44. The first-order chi connectivity index (χ1) is 9.50. The van der Waals surface area contributed by atoms with Crippen molar-refractivity contribution in [3.05, 3.63) is 26.1 Å². The first-order valence-electron chi connectivity index (χ1n) is 6.70. The van der Waals surface area contributed by atoms with Crippen molar-refractivity contribution in [3.8, 4) is 0 Å². The minimum atomic E-state index is -0.496. The molecule has 1 amide bonds. The molecule has 1 saturated heterocycles. The molecule has 20 heavy (non-hydrogen) atoms. The van der Waals surface area contributed by atoms with Crippen LogP contribution in [0.2, 0.25) is 0 Å². The third-order valence-corrected chi connectivity index (χ3v) is 4.56. The number of aromatic nitrogens is 2. The van der Waals surface area contributed by atoms with Crippen LogP contribution in [0.1, 0.15) is 31.4 Å². The lowest BCUT2D eigenvalue weighted by atomic mass is 10.2. The molecule has 1 aliphatic heterocycles. The van der Waals surface area contributed by atoms with Crippen LogP contribution in [-0.4, -0.2) is 33.7 Å². The fourth-order valence-corrected chi connectivity index (χ4v) is 2.83. The van der Waals surface area contributed by atoms with Crippen LogP contribution in [0.5, 0.6) is 0 Å². The van der Waals surface area contributed by atoms with Crippen LogP contribution in [0.4, 0.5) is 0 Å². The molecule has 2 rings (SSSR count). The highest BCUT2D eigenvalue weighted by Gasteiger charge is 2.19. The number of H-pyrrole nitrogens is 1. The van der Waals surface area contributed by atoms with Gasteiger partial charge in [0, 0.05) is 13.1 Å². The summed E-state index contributed by atoms with van der Waals surface area (Å²) in [6.07, 6.45) is 4.39. The van der Waals surface area contributed by atoms with Crippen molar-refractivity contribution in [1.82, 2.24) is 19.6 Å². The SMILES string of the molecule is Cc1c(Br)c(=[N+]([O-])[O-])[nH]n1CC(=O)N1CCCCCC1. The minimum absolute atomic E-state index is 0.00338. The lowest BCUT2D eigenvalue weighted by molar-refractivity contribution is -0.132. The molecule has 0 radical (unpaired) electrons. The fourth-order valence-electron chi connectivity index (χ4n) is 2.39. The van der Waals surface area contributed by atoms with Gasteiger partial charge in [0.15, 0.2) is 0 Å². The summed E-state index contributed by atoms with van der Waals surface area (Å²) in [7, 11) is 0. The maximum absolute atomic E-state index is 12.3. The molecule has 7 nitrogen and oxygen atoms in total. The number of carbonyl (C=O) groups excluding carboxylic acids is 1. The summed E-state index contributed by atoms with van der Waals surface area (Å²) in [5, 5.41) is 24.4. The van der Waals surface area contributed by atoms with Gasteiger partial charge in [-0.25, -0.2) is 4.68 Å². The molecule has 0 aromatic carbocycles. The van der Waals surface area contributed by atoms with Crippen LogP contribution in [0.15, 0.2) is 4.47 Å². The van der Waals surface area contributed by atoms with E-state index in [9.17, 15) is 15.2 Å². The van der Waals surface area contributed by atoms with E-state index in [1.54, 1.807) is 6.92 Å². The molecule has 2 heterocycles. The van der Waals surface area contributed by atoms with Crippen molar-refractivity contribution >= 4 is 21.8 Å². The number of hydrogen-bond acceptors (Lipinski definition) is 3. The Labute approximate surface area is 125 Å². The third-order valence-electron chi connectivity index (χ3n) is 3.61. The smallest absolute Gasteiger partial charge is 0.315 e. The predicted molar refractivity (Wildman–Crippen MR) is 78.3 cm³/mol.